The highest BCUT2D eigenvalue weighted by atomic mass is 16.1. The molecule has 3 rings (SSSR count). The number of rotatable bonds is 7. The summed E-state index contributed by atoms with van der Waals surface area (Å²) in [6, 6.07) is 19.7. The molecule has 0 saturated heterocycles. The standard InChI is InChI=1S/C23H27N5O/c1-5-28(16-18-9-7-6-8-10-18)22-15-21(24-17(2)25-22)23(29)26-19-11-13-20(14-12-19)27(3)4/h6-15H,5,16H2,1-4H3,(H,26,29). The lowest BCUT2D eigenvalue weighted by Crippen LogP contribution is -2.25. The fourth-order valence-electron chi connectivity index (χ4n) is 3.03. The Kier molecular flexibility index (Phi) is 6.44. The van der Waals surface area contributed by atoms with E-state index in [1.807, 2.05) is 68.4 Å². The fraction of sp³-hybridized carbons (Fsp3) is 0.261. The molecule has 2 aromatic carbocycles. The summed E-state index contributed by atoms with van der Waals surface area (Å²) in [4.78, 5) is 25.8. The second kappa shape index (κ2) is 9.19. The van der Waals surface area contributed by atoms with Crippen molar-refractivity contribution in [3.63, 3.8) is 0 Å². The molecule has 1 N–H and O–H groups in total. The minimum atomic E-state index is -0.245. The predicted molar refractivity (Wildman–Crippen MR) is 119 cm³/mol. The summed E-state index contributed by atoms with van der Waals surface area (Å²) >= 11 is 0. The van der Waals surface area contributed by atoms with Crippen molar-refractivity contribution in [3.8, 4) is 0 Å². The van der Waals surface area contributed by atoms with Crippen molar-refractivity contribution in [1.29, 1.82) is 0 Å². The second-order valence-electron chi connectivity index (χ2n) is 7.05. The summed E-state index contributed by atoms with van der Waals surface area (Å²) in [6.45, 7) is 5.38. The van der Waals surface area contributed by atoms with Crippen LogP contribution in [0.3, 0.4) is 0 Å². The molecular formula is C23H27N5O. The SMILES string of the molecule is CCN(Cc1ccccc1)c1cc(C(=O)Nc2ccc(N(C)C)cc2)nc(C)n1. The fourth-order valence-corrected chi connectivity index (χ4v) is 3.03. The van der Waals surface area contributed by atoms with Gasteiger partial charge in [-0.1, -0.05) is 30.3 Å². The van der Waals surface area contributed by atoms with Crippen molar-refractivity contribution >= 4 is 23.1 Å². The molecule has 0 fully saturated rings. The van der Waals surface area contributed by atoms with Crippen LogP contribution in [0.1, 0.15) is 28.8 Å². The van der Waals surface area contributed by atoms with Gasteiger partial charge < -0.3 is 15.1 Å². The summed E-state index contributed by atoms with van der Waals surface area (Å²) < 4.78 is 0. The Bertz CT molecular complexity index is 955. The molecule has 0 unspecified atom stereocenters. The van der Waals surface area contributed by atoms with E-state index in [9.17, 15) is 4.79 Å². The number of nitrogens with one attached hydrogen (secondary N) is 1. The van der Waals surface area contributed by atoms with Crippen LogP contribution in [0.25, 0.3) is 0 Å². The maximum absolute atomic E-state index is 12.8. The van der Waals surface area contributed by atoms with Gasteiger partial charge in [-0.25, -0.2) is 9.97 Å². The molecule has 6 nitrogen and oxygen atoms in total. The minimum Gasteiger partial charge on any atom is -0.378 e. The number of aromatic nitrogens is 2. The number of hydrogen-bond acceptors (Lipinski definition) is 5. The van der Waals surface area contributed by atoms with E-state index in [-0.39, 0.29) is 5.91 Å². The van der Waals surface area contributed by atoms with Crippen molar-refractivity contribution in [2.75, 3.05) is 35.8 Å². The monoisotopic (exact) mass is 389 g/mol. The lowest BCUT2D eigenvalue weighted by molar-refractivity contribution is 0.102. The van der Waals surface area contributed by atoms with Gasteiger partial charge in [-0.15, -0.1) is 0 Å². The molecule has 0 aliphatic rings. The Morgan fingerprint density at radius 1 is 1.00 bits per heavy atom. The highest BCUT2D eigenvalue weighted by molar-refractivity contribution is 6.03. The number of carbonyl (C=O) groups excluding carboxylic acids is 1. The van der Waals surface area contributed by atoms with Crippen molar-refractivity contribution in [1.82, 2.24) is 9.97 Å². The number of amides is 1. The van der Waals surface area contributed by atoms with Gasteiger partial charge in [-0.05, 0) is 43.7 Å². The molecule has 0 radical (unpaired) electrons. The van der Waals surface area contributed by atoms with Crippen LogP contribution in [-0.2, 0) is 6.54 Å². The van der Waals surface area contributed by atoms with Crippen LogP contribution in [-0.4, -0.2) is 36.5 Å². The van der Waals surface area contributed by atoms with Crippen LogP contribution in [0.4, 0.5) is 17.2 Å². The number of carbonyl (C=O) groups is 1. The first-order valence-corrected chi connectivity index (χ1v) is 9.69. The van der Waals surface area contributed by atoms with Gasteiger partial charge in [0.1, 0.15) is 17.3 Å². The molecule has 150 valence electrons. The predicted octanol–water partition coefficient (Wildman–Crippen LogP) is 4.13. The van der Waals surface area contributed by atoms with Crippen molar-refractivity contribution in [2.45, 2.75) is 20.4 Å². The molecule has 1 amide bonds. The van der Waals surface area contributed by atoms with Crippen LogP contribution >= 0.6 is 0 Å². The topological polar surface area (TPSA) is 61.4 Å². The molecule has 0 atom stereocenters. The van der Waals surface area contributed by atoms with E-state index in [4.69, 9.17) is 0 Å². The summed E-state index contributed by atoms with van der Waals surface area (Å²) in [7, 11) is 3.96. The van der Waals surface area contributed by atoms with E-state index in [0.29, 0.717) is 11.5 Å². The van der Waals surface area contributed by atoms with E-state index < -0.39 is 0 Å². The van der Waals surface area contributed by atoms with Gasteiger partial charge in [0.2, 0.25) is 0 Å². The molecule has 0 aliphatic carbocycles. The van der Waals surface area contributed by atoms with Crippen molar-refractivity contribution in [2.24, 2.45) is 0 Å². The Hall–Kier alpha value is -3.41. The number of benzene rings is 2. The number of aryl methyl sites for hydroxylation is 1. The average Bonchev–Trinajstić information content (AvgIpc) is 2.72. The van der Waals surface area contributed by atoms with Crippen molar-refractivity contribution in [3.05, 3.63) is 77.7 Å². The van der Waals surface area contributed by atoms with E-state index in [2.05, 4.69) is 39.2 Å². The van der Waals surface area contributed by atoms with Crippen LogP contribution in [0.2, 0.25) is 0 Å². The van der Waals surface area contributed by atoms with Crippen LogP contribution in [0.5, 0.6) is 0 Å². The van der Waals surface area contributed by atoms with E-state index in [0.717, 1.165) is 30.3 Å². The Labute approximate surface area is 172 Å². The number of nitrogens with zero attached hydrogens (tertiary/aromatic N) is 4. The molecule has 0 aliphatic heterocycles. The van der Waals surface area contributed by atoms with E-state index in [1.165, 1.54) is 5.56 Å². The van der Waals surface area contributed by atoms with Gasteiger partial charge in [0, 0.05) is 44.6 Å². The maximum atomic E-state index is 12.8. The third kappa shape index (κ3) is 5.31. The zero-order valence-electron chi connectivity index (χ0n) is 17.4. The first-order chi connectivity index (χ1) is 14.0. The molecule has 0 spiro atoms. The zero-order chi connectivity index (χ0) is 20.8. The minimum absolute atomic E-state index is 0.245. The maximum Gasteiger partial charge on any atom is 0.274 e. The smallest absolute Gasteiger partial charge is 0.274 e. The average molecular weight is 390 g/mol. The Balaban J connectivity index is 1.79. The Morgan fingerprint density at radius 2 is 1.69 bits per heavy atom. The third-order valence-electron chi connectivity index (χ3n) is 4.62. The number of hydrogen-bond donors (Lipinski definition) is 1. The molecule has 0 bridgehead atoms. The van der Waals surface area contributed by atoms with Crippen molar-refractivity contribution < 1.29 is 4.79 Å². The molecule has 3 aromatic rings. The third-order valence-corrected chi connectivity index (χ3v) is 4.62. The highest BCUT2D eigenvalue weighted by Crippen LogP contribution is 2.19. The van der Waals surface area contributed by atoms with Gasteiger partial charge in [0.05, 0.1) is 0 Å². The second-order valence-corrected chi connectivity index (χ2v) is 7.05. The van der Waals surface area contributed by atoms with Gasteiger partial charge in [-0.2, -0.15) is 0 Å². The molecule has 0 saturated carbocycles. The van der Waals surface area contributed by atoms with E-state index in [1.54, 1.807) is 6.07 Å². The van der Waals surface area contributed by atoms with Gasteiger partial charge in [0.15, 0.2) is 0 Å². The van der Waals surface area contributed by atoms with Crippen LogP contribution < -0.4 is 15.1 Å². The van der Waals surface area contributed by atoms with E-state index >= 15 is 0 Å². The van der Waals surface area contributed by atoms with Crippen LogP contribution in [0, 0.1) is 6.92 Å². The highest BCUT2D eigenvalue weighted by Gasteiger charge is 2.15. The van der Waals surface area contributed by atoms with Gasteiger partial charge in [-0.3, -0.25) is 4.79 Å². The zero-order valence-corrected chi connectivity index (χ0v) is 17.4. The summed E-state index contributed by atoms with van der Waals surface area (Å²) in [5.74, 6) is 1.07. The lowest BCUT2D eigenvalue weighted by atomic mass is 10.2. The molecular weight excluding hydrogens is 362 g/mol. The van der Waals surface area contributed by atoms with Gasteiger partial charge in [0.25, 0.3) is 5.91 Å². The quantitative estimate of drug-likeness (QED) is 0.658. The molecule has 1 aromatic heterocycles. The molecule has 1 heterocycles. The summed E-state index contributed by atoms with van der Waals surface area (Å²) in [5, 5.41) is 2.92. The summed E-state index contributed by atoms with van der Waals surface area (Å²) in [5.41, 5.74) is 3.35. The molecule has 29 heavy (non-hydrogen) atoms. The first-order valence-electron chi connectivity index (χ1n) is 9.69. The van der Waals surface area contributed by atoms with Crippen LogP contribution in [0.15, 0.2) is 60.7 Å². The summed E-state index contributed by atoms with van der Waals surface area (Å²) in [6.07, 6.45) is 0. The normalized spacial score (nSPS) is 10.5. The largest absolute Gasteiger partial charge is 0.378 e. The Morgan fingerprint density at radius 3 is 2.31 bits per heavy atom. The van der Waals surface area contributed by atoms with Gasteiger partial charge >= 0.3 is 0 Å². The first kappa shape index (κ1) is 20.3. The lowest BCUT2D eigenvalue weighted by Gasteiger charge is -2.22. The number of anilines is 3. The molecule has 6 heteroatoms.